The van der Waals surface area contributed by atoms with Gasteiger partial charge in [0.05, 0.1) is 5.75 Å². The van der Waals surface area contributed by atoms with Crippen LogP contribution in [0.25, 0.3) is 0 Å². The largest absolute Gasteiger partial charge is 0.329 e. The highest BCUT2D eigenvalue weighted by Gasteiger charge is 2.16. The van der Waals surface area contributed by atoms with E-state index < -0.39 is 9.84 Å². The molecule has 4 nitrogen and oxygen atoms in total. The molecule has 0 bridgehead atoms. The third-order valence-electron chi connectivity index (χ3n) is 3.34. The normalized spacial score (nSPS) is 13.7. The standard InChI is InChI=1S/C14H24N2O2S/c1-4-12-5-7-13(8-6-12)14(11-15)16(2)9-10-19(3,17)18/h5-8,14H,4,9-11,15H2,1-3H3. The van der Waals surface area contributed by atoms with Gasteiger partial charge in [0.15, 0.2) is 0 Å². The van der Waals surface area contributed by atoms with E-state index in [1.54, 1.807) is 0 Å². The van der Waals surface area contributed by atoms with Gasteiger partial charge < -0.3 is 5.73 Å². The highest BCUT2D eigenvalue weighted by Crippen LogP contribution is 2.19. The third kappa shape index (κ3) is 5.30. The van der Waals surface area contributed by atoms with E-state index in [-0.39, 0.29) is 11.8 Å². The Kier molecular flexibility index (Phi) is 5.97. The van der Waals surface area contributed by atoms with Crippen LogP contribution in [0.3, 0.4) is 0 Å². The summed E-state index contributed by atoms with van der Waals surface area (Å²) in [6, 6.07) is 8.42. The molecule has 0 radical (unpaired) electrons. The number of rotatable bonds is 7. The van der Waals surface area contributed by atoms with Gasteiger partial charge in [0.2, 0.25) is 0 Å². The first-order valence-corrected chi connectivity index (χ1v) is 8.60. The maximum atomic E-state index is 11.2. The molecule has 0 spiro atoms. The fraction of sp³-hybridized carbons (Fsp3) is 0.571. The predicted octanol–water partition coefficient (Wildman–Crippen LogP) is 1.23. The fourth-order valence-corrected chi connectivity index (χ4v) is 2.63. The van der Waals surface area contributed by atoms with Crippen LogP contribution in [0, 0.1) is 0 Å². The van der Waals surface area contributed by atoms with Crippen molar-refractivity contribution in [3.63, 3.8) is 0 Å². The van der Waals surface area contributed by atoms with Crippen LogP contribution in [0.5, 0.6) is 0 Å². The molecule has 1 aromatic rings. The van der Waals surface area contributed by atoms with Gasteiger partial charge in [-0.2, -0.15) is 0 Å². The van der Waals surface area contributed by atoms with E-state index in [2.05, 4.69) is 31.2 Å². The SMILES string of the molecule is CCc1ccc(C(CN)N(C)CCS(C)(=O)=O)cc1. The highest BCUT2D eigenvalue weighted by atomic mass is 32.2. The number of nitrogens with two attached hydrogens (primary N) is 1. The molecule has 0 fully saturated rings. The molecule has 108 valence electrons. The Bertz CT molecular complexity index is 483. The summed E-state index contributed by atoms with van der Waals surface area (Å²) in [5.41, 5.74) is 8.25. The minimum atomic E-state index is -2.94. The number of sulfone groups is 1. The van der Waals surface area contributed by atoms with Gasteiger partial charge in [0.1, 0.15) is 9.84 Å². The number of benzene rings is 1. The molecule has 0 amide bonds. The molecule has 0 aliphatic heterocycles. The lowest BCUT2D eigenvalue weighted by Gasteiger charge is -2.27. The summed E-state index contributed by atoms with van der Waals surface area (Å²) in [5, 5.41) is 0. The van der Waals surface area contributed by atoms with Crippen molar-refractivity contribution in [3.8, 4) is 0 Å². The van der Waals surface area contributed by atoms with Crippen molar-refractivity contribution in [3.05, 3.63) is 35.4 Å². The number of likely N-dealkylation sites (N-methyl/N-ethyl adjacent to an activating group) is 1. The Labute approximate surface area is 116 Å². The zero-order valence-corrected chi connectivity index (χ0v) is 12.8. The molecule has 0 aromatic heterocycles. The van der Waals surface area contributed by atoms with Gasteiger partial charge in [-0.3, -0.25) is 4.90 Å². The predicted molar refractivity (Wildman–Crippen MR) is 80.0 cm³/mol. The van der Waals surface area contributed by atoms with Crippen LogP contribution in [0.15, 0.2) is 24.3 Å². The third-order valence-corrected chi connectivity index (χ3v) is 4.27. The molecular weight excluding hydrogens is 260 g/mol. The van der Waals surface area contributed by atoms with Crippen LogP contribution in [-0.2, 0) is 16.3 Å². The van der Waals surface area contributed by atoms with E-state index in [0.29, 0.717) is 13.1 Å². The number of aryl methyl sites for hydroxylation is 1. The van der Waals surface area contributed by atoms with Crippen LogP contribution < -0.4 is 5.73 Å². The molecule has 1 aromatic carbocycles. The summed E-state index contributed by atoms with van der Waals surface area (Å²) in [5.74, 6) is 0.160. The average molecular weight is 284 g/mol. The number of hydrogen-bond acceptors (Lipinski definition) is 4. The van der Waals surface area contributed by atoms with Crippen molar-refractivity contribution in [2.45, 2.75) is 19.4 Å². The van der Waals surface area contributed by atoms with Crippen molar-refractivity contribution in [1.82, 2.24) is 4.90 Å². The van der Waals surface area contributed by atoms with Crippen LogP contribution >= 0.6 is 0 Å². The lowest BCUT2D eigenvalue weighted by atomic mass is 10.0. The molecule has 5 heteroatoms. The smallest absolute Gasteiger partial charge is 0.148 e. The van der Waals surface area contributed by atoms with Crippen LogP contribution in [0.4, 0.5) is 0 Å². The van der Waals surface area contributed by atoms with E-state index in [4.69, 9.17) is 5.73 Å². The fourth-order valence-electron chi connectivity index (χ4n) is 2.01. The second-order valence-corrected chi connectivity index (χ2v) is 7.22. The molecule has 1 atom stereocenters. The molecule has 0 saturated heterocycles. The Balaban J connectivity index is 2.75. The van der Waals surface area contributed by atoms with E-state index in [0.717, 1.165) is 12.0 Å². The monoisotopic (exact) mass is 284 g/mol. The Morgan fingerprint density at radius 3 is 2.26 bits per heavy atom. The summed E-state index contributed by atoms with van der Waals surface area (Å²) >= 11 is 0. The zero-order valence-electron chi connectivity index (χ0n) is 12.0. The molecule has 2 N–H and O–H groups in total. The second kappa shape index (κ2) is 7.03. The summed E-state index contributed by atoms with van der Waals surface area (Å²) in [6.07, 6.45) is 2.27. The Morgan fingerprint density at radius 2 is 1.84 bits per heavy atom. The van der Waals surface area contributed by atoms with E-state index in [9.17, 15) is 8.42 Å². The van der Waals surface area contributed by atoms with Gasteiger partial charge in [-0.25, -0.2) is 8.42 Å². The number of nitrogens with zero attached hydrogens (tertiary/aromatic N) is 1. The highest BCUT2D eigenvalue weighted by molar-refractivity contribution is 7.90. The second-order valence-electron chi connectivity index (χ2n) is 4.96. The first kappa shape index (κ1) is 16.1. The first-order chi connectivity index (χ1) is 8.87. The molecule has 0 aliphatic rings. The van der Waals surface area contributed by atoms with Crippen molar-refractivity contribution >= 4 is 9.84 Å². The average Bonchev–Trinajstić information content (AvgIpc) is 2.37. The molecule has 0 heterocycles. The summed E-state index contributed by atoms with van der Waals surface area (Å²) in [4.78, 5) is 2.00. The lowest BCUT2D eigenvalue weighted by Crippen LogP contribution is -2.33. The Morgan fingerprint density at radius 1 is 1.26 bits per heavy atom. The quantitative estimate of drug-likeness (QED) is 0.818. The summed E-state index contributed by atoms with van der Waals surface area (Å²) in [6.45, 7) is 3.09. The Hall–Kier alpha value is -0.910. The van der Waals surface area contributed by atoms with Crippen molar-refractivity contribution in [2.24, 2.45) is 5.73 Å². The molecule has 0 saturated carbocycles. The van der Waals surface area contributed by atoms with Gasteiger partial charge >= 0.3 is 0 Å². The lowest BCUT2D eigenvalue weighted by molar-refractivity contribution is 0.264. The maximum absolute atomic E-state index is 11.2. The maximum Gasteiger partial charge on any atom is 0.148 e. The molecular formula is C14H24N2O2S. The van der Waals surface area contributed by atoms with Crippen LogP contribution in [0.2, 0.25) is 0 Å². The summed E-state index contributed by atoms with van der Waals surface area (Å²) < 4.78 is 22.4. The van der Waals surface area contributed by atoms with Crippen LogP contribution in [-0.4, -0.2) is 45.5 Å². The first-order valence-electron chi connectivity index (χ1n) is 6.54. The minimum absolute atomic E-state index is 0.0626. The summed E-state index contributed by atoms with van der Waals surface area (Å²) in [7, 11) is -1.02. The van der Waals surface area contributed by atoms with Gasteiger partial charge in [-0.15, -0.1) is 0 Å². The molecule has 1 rings (SSSR count). The van der Waals surface area contributed by atoms with Gasteiger partial charge in [0.25, 0.3) is 0 Å². The van der Waals surface area contributed by atoms with Crippen LogP contribution in [0.1, 0.15) is 24.1 Å². The number of hydrogen-bond donors (Lipinski definition) is 1. The van der Waals surface area contributed by atoms with Crippen molar-refractivity contribution in [2.75, 3.05) is 32.1 Å². The van der Waals surface area contributed by atoms with E-state index in [1.807, 2.05) is 11.9 Å². The molecule has 0 aliphatic carbocycles. The topological polar surface area (TPSA) is 63.4 Å². The molecule has 19 heavy (non-hydrogen) atoms. The van der Waals surface area contributed by atoms with Crippen molar-refractivity contribution in [1.29, 1.82) is 0 Å². The van der Waals surface area contributed by atoms with E-state index >= 15 is 0 Å². The van der Waals surface area contributed by atoms with E-state index in [1.165, 1.54) is 11.8 Å². The van der Waals surface area contributed by atoms with Gasteiger partial charge in [-0.1, -0.05) is 31.2 Å². The zero-order chi connectivity index (χ0) is 14.5. The van der Waals surface area contributed by atoms with Gasteiger partial charge in [-0.05, 0) is 24.6 Å². The van der Waals surface area contributed by atoms with Crippen molar-refractivity contribution < 1.29 is 8.42 Å². The molecule has 1 unspecified atom stereocenters. The minimum Gasteiger partial charge on any atom is -0.329 e. The van der Waals surface area contributed by atoms with Gasteiger partial charge in [0, 0.05) is 25.4 Å².